The van der Waals surface area contributed by atoms with Gasteiger partial charge in [-0.05, 0) is 43.9 Å². The van der Waals surface area contributed by atoms with Gasteiger partial charge in [0.1, 0.15) is 0 Å². The Kier molecular flexibility index (Phi) is 5.41. The van der Waals surface area contributed by atoms with Gasteiger partial charge in [0.15, 0.2) is 0 Å². The molecule has 1 heterocycles. The van der Waals surface area contributed by atoms with Crippen molar-refractivity contribution in [2.24, 2.45) is 5.92 Å². The Bertz CT molecular complexity index is 571. The van der Waals surface area contributed by atoms with Gasteiger partial charge in [0.25, 0.3) is 0 Å². The van der Waals surface area contributed by atoms with Gasteiger partial charge in [0.05, 0.1) is 4.90 Å². The van der Waals surface area contributed by atoms with Gasteiger partial charge < -0.3 is 5.32 Å². The van der Waals surface area contributed by atoms with E-state index in [0.29, 0.717) is 23.9 Å². The summed E-state index contributed by atoms with van der Waals surface area (Å²) in [6.07, 6.45) is 1.88. The second-order valence-electron chi connectivity index (χ2n) is 5.98. The number of rotatable bonds is 5. The first kappa shape index (κ1) is 16.5. The zero-order valence-electron chi connectivity index (χ0n) is 13.2. The van der Waals surface area contributed by atoms with E-state index in [0.717, 1.165) is 24.9 Å². The molecule has 2 unspecified atom stereocenters. The second-order valence-corrected chi connectivity index (χ2v) is 7.84. The lowest BCUT2D eigenvalue weighted by Gasteiger charge is -2.35. The summed E-state index contributed by atoms with van der Waals surface area (Å²) < 4.78 is 27.7. The summed E-state index contributed by atoms with van der Waals surface area (Å²) in [6, 6.07) is 7.40. The molecule has 0 aromatic heterocycles. The molecule has 2 rings (SSSR count). The Labute approximate surface area is 128 Å². The Morgan fingerprint density at radius 1 is 1.29 bits per heavy atom. The fraction of sp³-hybridized carbons (Fsp3) is 0.625. The van der Waals surface area contributed by atoms with E-state index in [1.54, 1.807) is 16.4 Å². The van der Waals surface area contributed by atoms with Crippen molar-refractivity contribution < 1.29 is 8.42 Å². The van der Waals surface area contributed by atoms with Crippen LogP contribution in [0.3, 0.4) is 0 Å². The lowest BCUT2D eigenvalue weighted by atomic mass is 9.95. The molecule has 1 aliphatic heterocycles. The van der Waals surface area contributed by atoms with E-state index in [1.807, 2.05) is 26.0 Å². The van der Waals surface area contributed by atoms with Gasteiger partial charge >= 0.3 is 0 Å². The summed E-state index contributed by atoms with van der Waals surface area (Å²) in [6.45, 7) is 8.27. The van der Waals surface area contributed by atoms with E-state index < -0.39 is 10.0 Å². The van der Waals surface area contributed by atoms with Crippen molar-refractivity contribution in [2.75, 3.05) is 13.1 Å². The molecule has 0 bridgehead atoms. The Morgan fingerprint density at radius 2 is 2.00 bits per heavy atom. The van der Waals surface area contributed by atoms with Crippen LogP contribution >= 0.6 is 0 Å². The molecule has 0 saturated carbocycles. The number of sulfonamides is 1. The molecule has 1 aromatic carbocycles. The Hall–Kier alpha value is -0.910. The van der Waals surface area contributed by atoms with Gasteiger partial charge in [0.2, 0.25) is 10.0 Å². The van der Waals surface area contributed by atoms with Crippen molar-refractivity contribution in [3.05, 3.63) is 29.8 Å². The molecule has 21 heavy (non-hydrogen) atoms. The van der Waals surface area contributed by atoms with Gasteiger partial charge in [-0.1, -0.05) is 32.0 Å². The fourth-order valence-corrected chi connectivity index (χ4v) is 4.91. The summed E-state index contributed by atoms with van der Waals surface area (Å²) in [5.74, 6) is 0.600. The topological polar surface area (TPSA) is 49.4 Å². The minimum Gasteiger partial charge on any atom is -0.313 e. The molecule has 0 radical (unpaired) electrons. The van der Waals surface area contributed by atoms with Crippen LogP contribution in [-0.4, -0.2) is 31.9 Å². The first-order chi connectivity index (χ1) is 9.96. The van der Waals surface area contributed by atoms with Crippen molar-refractivity contribution in [1.82, 2.24) is 9.62 Å². The third-order valence-electron chi connectivity index (χ3n) is 4.20. The average Bonchev–Trinajstić information content (AvgIpc) is 2.45. The molecule has 1 aromatic rings. The minimum absolute atomic E-state index is 0.0749. The first-order valence-electron chi connectivity index (χ1n) is 7.77. The number of benzene rings is 1. The SMILES string of the molecule is CCNCc1ccccc1S(=O)(=O)N1CCC(C)CC1C. The number of hydrogen-bond donors (Lipinski definition) is 1. The molecule has 1 aliphatic rings. The van der Waals surface area contributed by atoms with E-state index in [9.17, 15) is 8.42 Å². The van der Waals surface area contributed by atoms with Crippen LogP contribution in [0.4, 0.5) is 0 Å². The highest BCUT2D eigenvalue weighted by Gasteiger charge is 2.34. The number of nitrogens with zero attached hydrogens (tertiary/aromatic N) is 1. The zero-order valence-corrected chi connectivity index (χ0v) is 14.0. The molecule has 0 spiro atoms. The van der Waals surface area contributed by atoms with Gasteiger partial charge in [-0.2, -0.15) is 4.31 Å². The van der Waals surface area contributed by atoms with Crippen molar-refractivity contribution in [1.29, 1.82) is 0 Å². The van der Waals surface area contributed by atoms with Crippen molar-refractivity contribution in [3.63, 3.8) is 0 Å². The summed E-state index contributed by atoms with van der Waals surface area (Å²) >= 11 is 0. The molecule has 4 nitrogen and oxygen atoms in total. The molecule has 1 saturated heterocycles. The molecular formula is C16H26N2O2S. The summed E-state index contributed by atoms with van der Waals surface area (Å²) in [5, 5.41) is 3.22. The fourth-order valence-electron chi connectivity index (χ4n) is 3.03. The predicted octanol–water partition coefficient (Wildman–Crippen LogP) is 2.61. The maximum Gasteiger partial charge on any atom is 0.243 e. The van der Waals surface area contributed by atoms with Crippen LogP contribution < -0.4 is 5.32 Å². The van der Waals surface area contributed by atoms with E-state index in [-0.39, 0.29) is 6.04 Å². The van der Waals surface area contributed by atoms with Crippen molar-refractivity contribution >= 4 is 10.0 Å². The van der Waals surface area contributed by atoms with Gasteiger partial charge in [-0.3, -0.25) is 0 Å². The lowest BCUT2D eigenvalue weighted by Crippen LogP contribution is -2.44. The minimum atomic E-state index is -3.40. The molecule has 2 atom stereocenters. The molecule has 0 amide bonds. The van der Waals surface area contributed by atoms with E-state index in [2.05, 4.69) is 12.2 Å². The molecule has 1 fully saturated rings. The summed E-state index contributed by atoms with van der Waals surface area (Å²) in [5.41, 5.74) is 0.852. The van der Waals surface area contributed by atoms with Crippen LogP contribution in [0, 0.1) is 5.92 Å². The van der Waals surface area contributed by atoms with Crippen LogP contribution in [0.5, 0.6) is 0 Å². The predicted molar refractivity (Wildman–Crippen MR) is 85.6 cm³/mol. The third-order valence-corrected chi connectivity index (χ3v) is 6.32. The standard InChI is InChI=1S/C16H26N2O2S/c1-4-17-12-15-7-5-6-8-16(15)21(19,20)18-10-9-13(2)11-14(18)3/h5-8,13-14,17H,4,9-12H2,1-3H3. The van der Waals surface area contributed by atoms with Gasteiger partial charge in [-0.25, -0.2) is 8.42 Å². The average molecular weight is 310 g/mol. The summed E-state index contributed by atoms with van der Waals surface area (Å²) in [4.78, 5) is 0.451. The van der Waals surface area contributed by atoms with Crippen molar-refractivity contribution in [3.8, 4) is 0 Å². The number of nitrogens with one attached hydrogen (secondary N) is 1. The molecule has 5 heteroatoms. The van der Waals surface area contributed by atoms with Crippen LogP contribution in [0.2, 0.25) is 0 Å². The van der Waals surface area contributed by atoms with Gasteiger partial charge in [-0.15, -0.1) is 0 Å². The van der Waals surface area contributed by atoms with Crippen LogP contribution in [0.25, 0.3) is 0 Å². The number of hydrogen-bond acceptors (Lipinski definition) is 3. The normalized spacial score (nSPS) is 24.1. The highest BCUT2D eigenvalue weighted by molar-refractivity contribution is 7.89. The largest absolute Gasteiger partial charge is 0.313 e. The first-order valence-corrected chi connectivity index (χ1v) is 9.21. The number of piperidine rings is 1. The highest BCUT2D eigenvalue weighted by atomic mass is 32.2. The monoisotopic (exact) mass is 310 g/mol. The maximum absolute atomic E-state index is 13.0. The Balaban J connectivity index is 2.31. The highest BCUT2D eigenvalue weighted by Crippen LogP contribution is 2.29. The zero-order chi connectivity index (χ0) is 15.5. The molecule has 0 aliphatic carbocycles. The second kappa shape index (κ2) is 6.90. The van der Waals surface area contributed by atoms with Crippen LogP contribution in [0.15, 0.2) is 29.2 Å². The van der Waals surface area contributed by atoms with Crippen LogP contribution in [0.1, 0.15) is 39.2 Å². The summed E-state index contributed by atoms with van der Waals surface area (Å²) in [7, 11) is -3.40. The smallest absolute Gasteiger partial charge is 0.243 e. The maximum atomic E-state index is 13.0. The van der Waals surface area contributed by atoms with E-state index in [1.165, 1.54) is 0 Å². The van der Waals surface area contributed by atoms with E-state index >= 15 is 0 Å². The van der Waals surface area contributed by atoms with Gasteiger partial charge in [0, 0.05) is 19.1 Å². The van der Waals surface area contributed by atoms with Crippen LogP contribution in [-0.2, 0) is 16.6 Å². The third kappa shape index (κ3) is 3.65. The van der Waals surface area contributed by atoms with E-state index in [4.69, 9.17) is 0 Å². The Morgan fingerprint density at radius 3 is 2.67 bits per heavy atom. The lowest BCUT2D eigenvalue weighted by molar-refractivity contribution is 0.220. The molecule has 118 valence electrons. The molecular weight excluding hydrogens is 284 g/mol. The molecule has 1 N–H and O–H groups in total. The quantitative estimate of drug-likeness (QED) is 0.909. The van der Waals surface area contributed by atoms with Crippen molar-refractivity contribution in [2.45, 2.75) is 51.1 Å².